The third kappa shape index (κ3) is 3.31. The summed E-state index contributed by atoms with van der Waals surface area (Å²) >= 11 is 6.16. The van der Waals surface area contributed by atoms with Gasteiger partial charge < -0.3 is 5.32 Å². The first-order valence-corrected chi connectivity index (χ1v) is 7.07. The van der Waals surface area contributed by atoms with E-state index in [0.29, 0.717) is 10.6 Å². The summed E-state index contributed by atoms with van der Waals surface area (Å²) in [6, 6.07) is 16.0. The number of nitrogens with one attached hydrogen (secondary N) is 1. The molecule has 2 rings (SSSR count). The van der Waals surface area contributed by atoms with Crippen molar-refractivity contribution >= 4 is 17.3 Å². The third-order valence-corrected chi connectivity index (χ3v) is 3.69. The Balaban J connectivity index is 2.18. The van der Waals surface area contributed by atoms with E-state index < -0.39 is 0 Å². The van der Waals surface area contributed by atoms with Crippen LogP contribution in [0.25, 0.3) is 0 Å². The van der Waals surface area contributed by atoms with E-state index in [1.807, 2.05) is 0 Å². The monoisotopic (exact) mass is 284 g/mol. The first-order valence-electron chi connectivity index (χ1n) is 6.69. The Morgan fingerprint density at radius 1 is 1.20 bits per heavy atom. The van der Waals surface area contributed by atoms with Crippen molar-refractivity contribution in [2.45, 2.75) is 26.3 Å². The Hall–Kier alpha value is -1.98. The number of benzene rings is 2. The summed E-state index contributed by atoms with van der Waals surface area (Å²) in [5, 5.41) is 12.9. The quantitative estimate of drug-likeness (QED) is 0.862. The van der Waals surface area contributed by atoms with Crippen molar-refractivity contribution in [3.05, 3.63) is 64.2 Å². The number of hydrogen-bond acceptors (Lipinski definition) is 2. The van der Waals surface area contributed by atoms with E-state index in [1.165, 1.54) is 11.1 Å². The van der Waals surface area contributed by atoms with Gasteiger partial charge in [0, 0.05) is 6.04 Å². The molecule has 0 aliphatic rings. The van der Waals surface area contributed by atoms with Crippen LogP contribution in [0.3, 0.4) is 0 Å². The largest absolute Gasteiger partial charge is 0.377 e. The molecule has 1 atom stereocenters. The Morgan fingerprint density at radius 2 is 1.90 bits per heavy atom. The summed E-state index contributed by atoms with van der Waals surface area (Å²) in [7, 11) is 0. The lowest BCUT2D eigenvalue weighted by Crippen LogP contribution is -2.07. The summed E-state index contributed by atoms with van der Waals surface area (Å²) < 4.78 is 0. The van der Waals surface area contributed by atoms with Crippen LogP contribution in [-0.2, 0) is 6.42 Å². The maximum absolute atomic E-state index is 8.94. The van der Waals surface area contributed by atoms with Gasteiger partial charge in [-0.05, 0) is 42.7 Å². The zero-order valence-electron chi connectivity index (χ0n) is 11.7. The third-order valence-electron chi connectivity index (χ3n) is 3.36. The molecule has 3 heteroatoms. The highest BCUT2D eigenvalue weighted by molar-refractivity contribution is 6.33. The standard InChI is InChI=1S/C17H17ClN2/c1-3-13-4-7-15(8-5-13)12(2)20-17-10-14(11-19)6-9-16(17)18/h4-10,12,20H,3H2,1-2H3. The number of hydrogen-bond donors (Lipinski definition) is 1. The Kier molecular flexibility index (Phi) is 4.65. The van der Waals surface area contributed by atoms with E-state index in [9.17, 15) is 0 Å². The van der Waals surface area contributed by atoms with Gasteiger partial charge in [0.15, 0.2) is 0 Å². The molecule has 0 aromatic heterocycles. The highest BCUT2D eigenvalue weighted by atomic mass is 35.5. The molecule has 2 nitrogen and oxygen atoms in total. The van der Waals surface area contributed by atoms with E-state index >= 15 is 0 Å². The van der Waals surface area contributed by atoms with Gasteiger partial charge in [0.05, 0.1) is 22.3 Å². The molecule has 0 amide bonds. The van der Waals surface area contributed by atoms with Gasteiger partial charge in [0.2, 0.25) is 0 Å². The van der Waals surface area contributed by atoms with Crippen LogP contribution >= 0.6 is 11.6 Å². The predicted molar refractivity (Wildman–Crippen MR) is 84.0 cm³/mol. The van der Waals surface area contributed by atoms with Crippen LogP contribution in [0.4, 0.5) is 5.69 Å². The number of nitrogens with zero attached hydrogens (tertiary/aromatic N) is 1. The molecule has 1 N–H and O–H groups in total. The summed E-state index contributed by atoms with van der Waals surface area (Å²) in [5.74, 6) is 0. The van der Waals surface area contributed by atoms with Gasteiger partial charge in [-0.15, -0.1) is 0 Å². The molecular weight excluding hydrogens is 268 g/mol. The van der Waals surface area contributed by atoms with Crippen LogP contribution in [0.5, 0.6) is 0 Å². The lowest BCUT2D eigenvalue weighted by atomic mass is 10.0. The first-order chi connectivity index (χ1) is 9.63. The molecule has 0 heterocycles. The normalized spacial score (nSPS) is 11.7. The average molecular weight is 285 g/mol. The number of halogens is 1. The summed E-state index contributed by atoms with van der Waals surface area (Å²) in [6.07, 6.45) is 1.04. The Bertz CT molecular complexity index is 626. The van der Waals surface area contributed by atoms with Crippen molar-refractivity contribution in [1.82, 2.24) is 0 Å². The van der Waals surface area contributed by atoms with E-state index in [4.69, 9.17) is 16.9 Å². The van der Waals surface area contributed by atoms with Crippen molar-refractivity contribution in [3.63, 3.8) is 0 Å². The van der Waals surface area contributed by atoms with Gasteiger partial charge in [0.25, 0.3) is 0 Å². The van der Waals surface area contributed by atoms with Crippen LogP contribution in [-0.4, -0.2) is 0 Å². The minimum Gasteiger partial charge on any atom is -0.377 e. The minimum absolute atomic E-state index is 0.132. The molecule has 0 saturated heterocycles. The van der Waals surface area contributed by atoms with Gasteiger partial charge in [-0.1, -0.05) is 42.8 Å². The van der Waals surface area contributed by atoms with Crippen LogP contribution in [0.2, 0.25) is 5.02 Å². The molecule has 0 saturated carbocycles. The van der Waals surface area contributed by atoms with Gasteiger partial charge in [-0.3, -0.25) is 0 Å². The molecule has 1 unspecified atom stereocenters. The second-order valence-electron chi connectivity index (χ2n) is 4.77. The van der Waals surface area contributed by atoms with Crippen LogP contribution < -0.4 is 5.32 Å². The number of rotatable bonds is 4. The fourth-order valence-electron chi connectivity index (χ4n) is 2.06. The molecule has 0 aliphatic heterocycles. The summed E-state index contributed by atoms with van der Waals surface area (Å²) in [4.78, 5) is 0. The highest BCUT2D eigenvalue weighted by Gasteiger charge is 2.08. The van der Waals surface area contributed by atoms with Crippen molar-refractivity contribution in [1.29, 1.82) is 5.26 Å². The molecule has 0 spiro atoms. The minimum atomic E-state index is 0.132. The topological polar surface area (TPSA) is 35.8 Å². The maximum atomic E-state index is 8.94. The SMILES string of the molecule is CCc1ccc(C(C)Nc2cc(C#N)ccc2Cl)cc1. The molecule has 2 aromatic rings. The van der Waals surface area contributed by atoms with E-state index in [-0.39, 0.29) is 6.04 Å². The van der Waals surface area contributed by atoms with Crippen molar-refractivity contribution < 1.29 is 0 Å². The number of nitriles is 1. The number of aryl methyl sites for hydroxylation is 1. The molecule has 20 heavy (non-hydrogen) atoms. The zero-order valence-corrected chi connectivity index (χ0v) is 12.4. The lowest BCUT2D eigenvalue weighted by molar-refractivity contribution is 0.883. The van der Waals surface area contributed by atoms with Crippen molar-refractivity contribution in [2.24, 2.45) is 0 Å². The molecule has 0 radical (unpaired) electrons. The first kappa shape index (κ1) is 14.4. The molecule has 0 aliphatic carbocycles. The second-order valence-corrected chi connectivity index (χ2v) is 5.17. The Labute approximate surface area is 125 Å². The summed E-state index contributed by atoms with van der Waals surface area (Å²) in [6.45, 7) is 4.22. The zero-order chi connectivity index (χ0) is 14.5. The van der Waals surface area contributed by atoms with E-state index in [2.05, 4.69) is 49.5 Å². The predicted octanol–water partition coefficient (Wildman–Crippen LogP) is 4.95. The highest BCUT2D eigenvalue weighted by Crippen LogP contribution is 2.27. The van der Waals surface area contributed by atoms with Gasteiger partial charge in [-0.2, -0.15) is 5.26 Å². The molecule has 2 aromatic carbocycles. The second kappa shape index (κ2) is 6.45. The van der Waals surface area contributed by atoms with Gasteiger partial charge >= 0.3 is 0 Å². The van der Waals surface area contributed by atoms with Crippen LogP contribution in [0.1, 0.15) is 36.6 Å². The lowest BCUT2D eigenvalue weighted by Gasteiger charge is -2.17. The van der Waals surface area contributed by atoms with Crippen LogP contribution in [0.15, 0.2) is 42.5 Å². The van der Waals surface area contributed by atoms with Gasteiger partial charge in [0.1, 0.15) is 0 Å². The average Bonchev–Trinajstić information content (AvgIpc) is 2.49. The van der Waals surface area contributed by atoms with Crippen molar-refractivity contribution in [3.8, 4) is 6.07 Å². The Morgan fingerprint density at radius 3 is 2.50 bits per heavy atom. The summed E-state index contributed by atoms with van der Waals surface area (Å²) in [5.41, 5.74) is 3.91. The van der Waals surface area contributed by atoms with Gasteiger partial charge in [-0.25, -0.2) is 0 Å². The molecule has 0 fully saturated rings. The molecule has 0 bridgehead atoms. The smallest absolute Gasteiger partial charge is 0.0992 e. The van der Waals surface area contributed by atoms with Crippen LogP contribution in [0, 0.1) is 11.3 Å². The fraction of sp³-hybridized carbons (Fsp3) is 0.235. The van der Waals surface area contributed by atoms with E-state index in [1.54, 1.807) is 18.2 Å². The maximum Gasteiger partial charge on any atom is 0.0992 e. The fourth-order valence-corrected chi connectivity index (χ4v) is 2.24. The van der Waals surface area contributed by atoms with Crippen molar-refractivity contribution in [2.75, 3.05) is 5.32 Å². The number of anilines is 1. The van der Waals surface area contributed by atoms with E-state index in [0.717, 1.165) is 12.1 Å². The molecular formula is C17H17ClN2. The molecule has 102 valence electrons.